The molecule has 3 unspecified atom stereocenters. The molecule has 0 spiro atoms. The molecule has 118 valence electrons. The number of pyridine rings is 1. The van der Waals surface area contributed by atoms with Crippen molar-refractivity contribution in [2.75, 3.05) is 6.54 Å². The molecule has 1 aliphatic rings. The molecule has 0 radical (unpaired) electrons. The molecule has 1 aromatic heterocycles. The Bertz CT molecular complexity index is 447. The first-order valence-electron chi connectivity index (χ1n) is 8.36. The lowest BCUT2D eigenvalue weighted by atomic mass is 9.77. The lowest BCUT2D eigenvalue weighted by molar-refractivity contribution is -0.00644. The minimum atomic E-state index is -0.190. The molecule has 1 fully saturated rings. The lowest BCUT2D eigenvalue weighted by Gasteiger charge is -2.41. The quantitative estimate of drug-likeness (QED) is 0.903. The molecule has 2 rings (SSSR count). The van der Waals surface area contributed by atoms with Crippen molar-refractivity contribution in [2.45, 2.75) is 65.6 Å². The molecule has 0 aromatic carbocycles. The van der Waals surface area contributed by atoms with E-state index in [1.54, 1.807) is 0 Å². The molecule has 0 bridgehead atoms. The van der Waals surface area contributed by atoms with Crippen LogP contribution in [0.1, 0.15) is 51.4 Å². The van der Waals surface area contributed by atoms with Crippen LogP contribution in [0.3, 0.4) is 0 Å². The summed E-state index contributed by atoms with van der Waals surface area (Å²) < 4.78 is 0. The standard InChI is InChI=1S/C18H30N2O/c1-5-20(12-16-8-6-7-14(4)19-16)17-11-15(13(2)3)9-10-18(17)21/h6-8,13,15,17-18,21H,5,9-12H2,1-4H3. The highest BCUT2D eigenvalue weighted by Gasteiger charge is 2.33. The predicted molar refractivity (Wildman–Crippen MR) is 87.0 cm³/mol. The Balaban J connectivity index is 2.08. The molecule has 3 atom stereocenters. The summed E-state index contributed by atoms with van der Waals surface area (Å²) in [5, 5.41) is 10.4. The zero-order valence-corrected chi connectivity index (χ0v) is 13.9. The maximum atomic E-state index is 10.4. The van der Waals surface area contributed by atoms with Gasteiger partial charge in [-0.05, 0) is 56.7 Å². The fourth-order valence-electron chi connectivity index (χ4n) is 3.52. The number of aliphatic hydroxyl groups is 1. The monoisotopic (exact) mass is 290 g/mol. The second-order valence-electron chi connectivity index (χ2n) is 6.79. The first kappa shape index (κ1) is 16.4. The molecule has 3 heteroatoms. The van der Waals surface area contributed by atoms with Crippen LogP contribution in [0.25, 0.3) is 0 Å². The van der Waals surface area contributed by atoms with Gasteiger partial charge >= 0.3 is 0 Å². The second kappa shape index (κ2) is 7.37. The summed E-state index contributed by atoms with van der Waals surface area (Å²) in [6.07, 6.45) is 3.02. The van der Waals surface area contributed by atoms with Crippen LogP contribution >= 0.6 is 0 Å². The fraction of sp³-hybridized carbons (Fsp3) is 0.722. The van der Waals surface area contributed by atoms with Gasteiger partial charge in [0, 0.05) is 18.3 Å². The van der Waals surface area contributed by atoms with Crippen LogP contribution in [0.5, 0.6) is 0 Å². The molecule has 0 amide bonds. The van der Waals surface area contributed by atoms with E-state index < -0.39 is 0 Å². The first-order chi connectivity index (χ1) is 10.0. The predicted octanol–water partition coefficient (Wildman–Crippen LogP) is 3.40. The molecular weight excluding hydrogens is 260 g/mol. The number of hydrogen-bond donors (Lipinski definition) is 1. The number of hydrogen-bond acceptors (Lipinski definition) is 3. The maximum absolute atomic E-state index is 10.4. The van der Waals surface area contributed by atoms with Crippen LogP contribution in [0, 0.1) is 18.8 Å². The molecule has 21 heavy (non-hydrogen) atoms. The van der Waals surface area contributed by atoms with E-state index in [0.29, 0.717) is 5.92 Å². The van der Waals surface area contributed by atoms with E-state index in [4.69, 9.17) is 0 Å². The van der Waals surface area contributed by atoms with Crippen molar-refractivity contribution < 1.29 is 5.11 Å². The minimum absolute atomic E-state index is 0.190. The van der Waals surface area contributed by atoms with Gasteiger partial charge in [0.25, 0.3) is 0 Å². The second-order valence-corrected chi connectivity index (χ2v) is 6.79. The van der Waals surface area contributed by atoms with Crippen molar-refractivity contribution >= 4 is 0 Å². The van der Waals surface area contributed by atoms with Gasteiger partial charge in [0.1, 0.15) is 0 Å². The van der Waals surface area contributed by atoms with Crippen molar-refractivity contribution in [1.82, 2.24) is 9.88 Å². The normalized spacial score (nSPS) is 26.5. The van der Waals surface area contributed by atoms with Gasteiger partial charge in [-0.15, -0.1) is 0 Å². The zero-order chi connectivity index (χ0) is 15.4. The summed E-state index contributed by atoms with van der Waals surface area (Å²) in [5.41, 5.74) is 2.17. The SMILES string of the molecule is CCN(Cc1cccc(C)n1)C1CC(C(C)C)CCC1O. The Hall–Kier alpha value is -0.930. The van der Waals surface area contributed by atoms with Crippen molar-refractivity contribution in [3.05, 3.63) is 29.6 Å². The maximum Gasteiger partial charge on any atom is 0.0695 e. The van der Waals surface area contributed by atoms with E-state index in [2.05, 4.69) is 42.8 Å². The van der Waals surface area contributed by atoms with Crippen molar-refractivity contribution in [1.29, 1.82) is 0 Å². The van der Waals surface area contributed by atoms with E-state index >= 15 is 0 Å². The Labute approximate surface area is 129 Å². The van der Waals surface area contributed by atoms with Crippen LogP contribution in [-0.4, -0.2) is 33.7 Å². The van der Waals surface area contributed by atoms with Gasteiger partial charge in [-0.25, -0.2) is 0 Å². The highest BCUT2D eigenvalue weighted by atomic mass is 16.3. The average molecular weight is 290 g/mol. The van der Waals surface area contributed by atoms with Crippen molar-refractivity contribution in [2.24, 2.45) is 11.8 Å². The largest absolute Gasteiger partial charge is 0.391 e. The average Bonchev–Trinajstić information content (AvgIpc) is 2.45. The van der Waals surface area contributed by atoms with Crippen LogP contribution in [0.15, 0.2) is 18.2 Å². The molecule has 1 aliphatic carbocycles. The number of likely N-dealkylation sites (N-methyl/N-ethyl adjacent to an activating group) is 1. The van der Waals surface area contributed by atoms with E-state index in [0.717, 1.165) is 49.7 Å². The highest BCUT2D eigenvalue weighted by Crippen LogP contribution is 2.33. The lowest BCUT2D eigenvalue weighted by Crippen LogP contribution is -2.47. The van der Waals surface area contributed by atoms with Gasteiger partial charge in [0.15, 0.2) is 0 Å². The van der Waals surface area contributed by atoms with Gasteiger partial charge in [0.05, 0.1) is 11.8 Å². The van der Waals surface area contributed by atoms with E-state index in [1.165, 1.54) is 0 Å². The smallest absolute Gasteiger partial charge is 0.0695 e. The van der Waals surface area contributed by atoms with E-state index in [-0.39, 0.29) is 12.1 Å². The van der Waals surface area contributed by atoms with Crippen LogP contribution < -0.4 is 0 Å². The minimum Gasteiger partial charge on any atom is -0.391 e. The molecule has 1 saturated carbocycles. The summed E-state index contributed by atoms with van der Waals surface area (Å²) in [4.78, 5) is 7.02. The molecule has 1 heterocycles. The summed E-state index contributed by atoms with van der Waals surface area (Å²) in [6.45, 7) is 10.6. The topological polar surface area (TPSA) is 36.4 Å². The van der Waals surface area contributed by atoms with Gasteiger partial charge in [-0.2, -0.15) is 0 Å². The number of rotatable bonds is 5. The van der Waals surface area contributed by atoms with Crippen LogP contribution in [0.4, 0.5) is 0 Å². The van der Waals surface area contributed by atoms with Crippen molar-refractivity contribution in [3.63, 3.8) is 0 Å². The van der Waals surface area contributed by atoms with Crippen LogP contribution in [-0.2, 0) is 6.54 Å². The molecule has 1 aromatic rings. The summed E-state index contributed by atoms with van der Waals surface area (Å²) in [5.74, 6) is 1.44. The Morgan fingerprint density at radius 3 is 2.71 bits per heavy atom. The molecular formula is C18H30N2O. The van der Waals surface area contributed by atoms with E-state index in [9.17, 15) is 5.11 Å². The molecule has 3 nitrogen and oxygen atoms in total. The summed E-state index contributed by atoms with van der Waals surface area (Å²) in [6, 6.07) is 6.47. The van der Waals surface area contributed by atoms with Gasteiger partial charge < -0.3 is 5.11 Å². The van der Waals surface area contributed by atoms with Crippen LogP contribution in [0.2, 0.25) is 0 Å². The Morgan fingerprint density at radius 1 is 1.33 bits per heavy atom. The Morgan fingerprint density at radius 2 is 2.10 bits per heavy atom. The van der Waals surface area contributed by atoms with Crippen molar-refractivity contribution in [3.8, 4) is 0 Å². The third kappa shape index (κ3) is 4.27. The zero-order valence-electron chi connectivity index (χ0n) is 13.9. The fourth-order valence-corrected chi connectivity index (χ4v) is 3.52. The van der Waals surface area contributed by atoms with E-state index in [1.807, 2.05) is 13.0 Å². The van der Waals surface area contributed by atoms with Gasteiger partial charge in [0.2, 0.25) is 0 Å². The third-order valence-electron chi connectivity index (χ3n) is 4.95. The van der Waals surface area contributed by atoms with Gasteiger partial charge in [-0.3, -0.25) is 9.88 Å². The number of aryl methyl sites for hydroxylation is 1. The summed E-state index contributed by atoms with van der Waals surface area (Å²) >= 11 is 0. The molecule has 0 aliphatic heterocycles. The Kier molecular flexibility index (Phi) is 5.77. The number of aromatic nitrogens is 1. The first-order valence-corrected chi connectivity index (χ1v) is 8.36. The highest BCUT2D eigenvalue weighted by molar-refractivity contribution is 5.10. The van der Waals surface area contributed by atoms with Gasteiger partial charge in [-0.1, -0.05) is 26.8 Å². The third-order valence-corrected chi connectivity index (χ3v) is 4.95. The number of nitrogens with zero attached hydrogens (tertiary/aromatic N) is 2. The summed E-state index contributed by atoms with van der Waals surface area (Å²) in [7, 11) is 0. The molecule has 0 saturated heterocycles. The number of aliphatic hydroxyl groups excluding tert-OH is 1. The molecule has 1 N–H and O–H groups in total.